The highest BCUT2D eigenvalue weighted by Crippen LogP contribution is 2.43. The van der Waals surface area contributed by atoms with Gasteiger partial charge in [-0.25, -0.2) is 17.5 Å². The third-order valence-electron chi connectivity index (χ3n) is 5.20. The van der Waals surface area contributed by atoms with Gasteiger partial charge in [-0.3, -0.25) is 0 Å². The monoisotopic (exact) mass is 393 g/mol. The zero-order valence-electron chi connectivity index (χ0n) is 15.7. The molecule has 1 aliphatic rings. The number of hydrogen-bond acceptors (Lipinski definition) is 4. The Hall–Kier alpha value is -2.12. The van der Waals surface area contributed by atoms with E-state index in [0.29, 0.717) is 12.2 Å². The van der Waals surface area contributed by atoms with Gasteiger partial charge in [-0.1, -0.05) is 32.0 Å². The fraction of sp³-hybridized carbons (Fsp3) is 0.400. The molecule has 0 radical (unpaired) electrons. The molecule has 0 fully saturated rings. The van der Waals surface area contributed by atoms with E-state index < -0.39 is 27.5 Å². The summed E-state index contributed by atoms with van der Waals surface area (Å²) in [7, 11) is -2.65. The smallest absolute Gasteiger partial charge is 0.244 e. The number of rotatable bonds is 6. The van der Waals surface area contributed by atoms with E-state index in [-0.39, 0.29) is 10.6 Å². The highest BCUT2D eigenvalue weighted by atomic mass is 32.2. The largest absolute Gasteiger partial charge is 0.495 e. The van der Waals surface area contributed by atoms with Crippen LogP contribution in [-0.2, 0) is 10.0 Å². The first-order valence-electron chi connectivity index (χ1n) is 8.98. The second-order valence-electron chi connectivity index (χ2n) is 6.70. The molecule has 1 N–H and O–H groups in total. The van der Waals surface area contributed by atoms with E-state index in [4.69, 9.17) is 9.47 Å². The highest BCUT2D eigenvalue weighted by molar-refractivity contribution is 7.89. The van der Waals surface area contributed by atoms with E-state index in [9.17, 15) is 12.8 Å². The van der Waals surface area contributed by atoms with Crippen LogP contribution in [0.3, 0.4) is 0 Å². The molecule has 1 atom stereocenters. The molecular weight excluding hydrogens is 369 g/mol. The van der Waals surface area contributed by atoms with Crippen molar-refractivity contribution in [1.29, 1.82) is 0 Å². The number of benzene rings is 2. The van der Waals surface area contributed by atoms with E-state index in [2.05, 4.69) is 4.72 Å². The van der Waals surface area contributed by atoms with Gasteiger partial charge in [-0.15, -0.1) is 0 Å². The summed E-state index contributed by atoms with van der Waals surface area (Å²) in [6, 6.07) is 10.4. The second kappa shape index (κ2) is 7.48. The maximum absolute atomic E-state index is 13.7. The Balaban J connectivity index is 2.02. The van der Waals surface area contributed by atoms with Crippen LogP contribution in [0.25, 0.3) is 0 Å². The highest BCUT2D eigenvalue weighted by Gasteiger charge is 2.40. The molecule has 2 aromatic rings. The molecule has 0 spiro atoms. The summed E-state index contributed by atoms with van der Waals surface area (Å²) >= 11 is 0. The fourth-order valence-electron chi connectivity index (χ4n) is 3.52. The lowest BCUT2D eigenvalue weighted by atomic mass is 9.84. The van der Waals surface area contributed by atoms with E-state index in [0.717, 1.165) is 24.5 Å². The lowest BCUT2D eigenvalue weighted by Crippen LogP contribution is -2.44. The molecule has 0 aromatic heterocycles. The minimum Gasteiger partial charge on any atom is -0.495 e. The first kappa shape index (κ1) is 19.6. The maximum atomic E-state index is 13.7. The number of fused-ring (bicyclic) bond motifs is 1. The van der Waals surface area contributed by atoms with Crippen LogP contribution in [0.4, 0.5) is 4.39 Å². The first-order chi connectivity index (χ1) is 12.8. The van der Waals surface area contributed by atoms with Gasteiger partial charge in [-0.05, 0) is 37.1 Å². The number of sulfonamides is 1. The van der Waals surface area contributed by atoms with Gasteiger partial charge in [0.05, 0.1) is 13.2 Å². The minimum absolute atomic E-state index is 0.0986. The lowest BCUT2D eigenvalue weighted by Gasteiger charge is -2.41. The summed E-state index contributed by atoms with van der Waals surface area (Å²) < 4.78 is 53.8. The Kier molecular flexibility index (Phi) is 5.44. The summed E-state index contributed by atoms with van der Waals surface area (Å²) in [5.41, 5.74) is 0.321. The van der Waals surface area contributed by atoms with Gasteiger partial charge in [0.25, 0.3) is 0 Å². The van der Waals surface area contributed by atoms with Crippen molar-refractivity contribution < 1.29 is 22.3 Å². The standard InChI is InChI=1S/C20H24FNO4S/c1-4-20(5-2)13-16(15-8-6-7-9-17(15)26-20)22-27(23,24)19-12-14(21)10-11-18(19)25-3/h6-12,16,22H,4-5,13H2,1-3H3. The Morgan fingerprint density at radius 2 is 1.93 bits per heavy atom. The number of para-hydroxylation sites is 1. The fourth-order valence-corrected chi connectivity index (χ4v) is 4.91. The van der Waals surface area contributed by atoms with Gasteiger partial charge in [0, 0.05) is 12.0 Å². The summed E-state index contributed by atoms with van der Waals surface area (Å²) in [4.78, 5) is -0.215. The molecule has 1 heterocycles. The number of methoxy groups -OCH3 is 1. The van der Waals surface area contributed by atoms with Crippen LogP contribution < -0.4 is 14.2 Å². The Bertz CT molecular complexity index is 925. The van der Waals surface area contributed by atoms with E-state index in [1.165, 1.54) is 19.2 Å². The normalized spacial score (nSPS) is 18.4. The molecule has 1 unspecified atom stereocenters. The molecule has 0 bridgehead atoms. The SMILES string of the molecule is CCC1(CC)CC(NS(=O)(=O)c2cc(F)ccc2OC)c2ccccc2O1. The van der Waals surface area contributed by atoms with Crippen molar-refractivity contribution >= 4 is 10.0 Å². The predicted octanol–water partition coefficient (Wildman–Crippen LogP) is 4.20. The van der Waals surface area contributed by atoms with Crippen molar-refractivity contribution in [2.24, 2.45) is 0 Å². The molecule has 5 nitrogen and oxygen atoms in total. The molecule has 1 aliphatic heterocycles. The topological polar surface area (TPSA) is 64.6 Å². The molecule has 7 heteroatoms. The van der Waals surface area contributed by atoms with Crippen LogP contribution in [0.1, 0.15) is 44.7 Å². The van der Waals surface area contributed by atoms with Crippen molar-refractivity contribution in [2.45, 2.75) is 49.6 Å². The van der Waals surface area contributed by atoms with Gasteiger partial charge in [-0.2, -0.15) is 0 Å². The third kappa shape index (κ3) is 3.80. The lowest BCUT2D eigenvalue weighted by molar-refractivity contribution is 0.0260. The average Bonchev–Trinajstić information content (AvgIpc) is 2.67. The molecule has 0 aliphatic carbocycles. The number of halogens is 1. The van der Waals surface area contributed by atoms with Crippen molar-refractivity contribution in [2.75, 3.05) is 7.11 Å². The summed E-state index contributed by atoms with van der Waals surface area (Å²) in [6.07, 6.45) is 1.99. The van der Waals surface area contributed by atoms with E-state index in [1.54, 1.807) is 0 Å². The number of hydrogen-bond donors (Lipinski definition) is 1. The molecule has 3 rings (SSSR count). The second-order valence-corrected chi connectivity index (χ2v) is 8.39. The van der Waals surface area contributed by atoms with Crippen molar-refractivity contribution in [1.82, 2.24) is 4.72 Å². The number of nitrogens with one attached hydrogen (secondary N) is 1. The molecule has 27 heavy (non-hydrogen) atoms. The zero-order chi connectivity index (χ0) is 19.7. The van der Waals surface area contributed by atoms with Crippen LogP contribution in [0.15, 0.2) is 47.4 Å². The third-order valence-corrected chi connectivity index (χ3v) is 6.69. The average molecular weight is 393 g/mol. The summed E-state index contributed by atoms with van der Waals surface area (Å²) in [6.45, 7) is 4.05. The molecule has 0 saturated heterocycles. The van der Waals surface area contributed by atoms with Gasteiger partial charge < -0.3 is 9.47 Å². The molecule has 146 valence electrons. The van der Waals surface area contributed by atoms with Gasteiger partial charge >= 0.3 is 0 Å². The van der Waals surface area contributed by atoms with Crippen LogP contribution >= 0.6 is 0 Å². The minimum atomic E-state index is -4.01. The van der Waals surface area contributed by atoms with Gasteiger partial charge in [0.2, 0.25) is 10.0 Å². The predicted molar refractivity (Wildman–Crippen MR) is 101 cm³/mol. The Labute approximate surface area is 159 Å². The van der Waals surface area contributed by atoms with Gasteiger partial charge in [0.15, 0.2) is 0 Å². The van der Waals surface area contributed by atoms with Crippen molar-refractivity contribution in [3.63, 3.8) is 0 Å². The van der Waals surface area contributed by atoms with Gasteiger partial charge in [0.1, 0.15) is 27.8 Å². The Morgan fingerprint density at radius 1 is 1.22 bits per heavy atom. The molecule has 2 aromatic carbocycles. The summed E-state index contributed by atoms with van der Waals surface area (Å²) in [5.74, 6) is 0.132. The van der Waals surface area contributed by atoms with E-state index >= 15 is 0 Å². The summed E-state index contributed by atoms with van der Waals surface area (Å²) in [5, 5.41) is 0. The van der Waals surface area contributed by atoms with Crippen LogP contribution in [-0.4, -0.2) is 21.1 Å². The van der Waals surface area contributed by atoms with Crippen LogP contribution in [0.2, 0.25) is 0 Å². The number of ether oxygens (including phenoxy) is 2. The van der Waals surface area contributed by atoms with Crippen molar-refractivity contribution in [3.8, 4) is 11.5 Å². The van der Waals surface area contributed by atoms with E-state index in [1.807, 2.05) is 38.1 Å². The molecule has 0 saturated carbocycles. The van der Waals surface area contributed by atoms with Crippen LogP contribution in [0.5, 0.6) is 11.5 Å². The van der Waals surface area contributed by atoms with Crippen LogP contribution in [0, 0.1) is 5.82 Å². The molecular formula is C20H24FNO4S. The Morgan fingerprint density at radius 3 is 2.59 bits per heavy atom. The van der Waals surface area contributed by atoms with Crippen molar-refractivity contribution in [3.05, 3.63) is 53.8 Å². The first-order valence-corrected chi connectivity index (χ1v) is 10.5. The quantitative estimate of drug-likeness (QED) is 0.799. The molecule has 0 amide bonds. The maximum Gasteiger partial charge on any atom is 0.244 e. The zero-order valence-corrected chi connectivity index (χ0v) is 16.5.